The normalized spacial score (nSPS) is 11.7. The number of aromatic nitrogens is 1. The average molecular weight is 213 g/mol. The molecule has 2 aromatic rings. The molecule has 0 aliphatic rings. The Morgan fingerprint density at radius 2 is 2.19 bits per heavy atom. The molecule has 0 atom stereocenters. The minimum absolute atomic E-state index is 0.156. The molecular weight excluding hydrogens is 202 g/mol. The first kappa shape index (κ1) is 10.3. The van der Waals surface area contributed by atoms with Crippen molar-refractivity contribution >= 4 is 16.5 Å². The molecule has 0 aliphatic heterocycles. The van der Waals surface area contributed by atoms with Crippen LogP contribution in [0.1, 0.15) is 12.6 Å². The van der Waals surface area contributed by atoms with Crippen molar-refractivity contribution in [3.05, 3.63) is 52.5 Å². The number of rotatable bonds is 2. The molecule has 0 amide bonds. The monoisotopic (exact) mass is 213 g/mol. The molecule has 0 spiro atoms. The van der Waals surface area contributed by atoms with Crippen LogP contribution in [0.15, 0.2) is 46.3 Å². The summed E-state index contributed by atoms with van der Waals surface area (Å²) < 4.78 is 0. The quantitative estimate of drug-likeness (QED) is 0.740. The van der Waals surface area contributed by atoms with Gasteiger partial charge in [0.05, 0.1) is 5.69 Å². The minimum atomic E-state index is -0.156. The summed E-state index contributed by atoms with van der Waals surface area (Å²) >= 11 is 0. The number of hydrogen-bond acceptors (Lipinski definition) is 3. The number of nitrogens with one attached hydrogen (secondary N) is 2. The van der Waals surface area contributed by atoms with Crippen LogP contribution >= 0.6 is 0 Å². The Bertz CT molecular complexity index is 625. The van der Waals surface area contributed by atoms with E-state index in [9.17, 15) is 4.79 Å². The summed E-state index contributed by atoms with van der Waals surface area (Å²) in [5.41, 5.74) is 7.89. The molecule has 0 fully saturated rings. The molecule has 1 heterocycles. The van der Waals surface area contributed by atoms with Gasteiger partial charge in [0.25, 0.3) is 5.56 Å². The summed E-state index contributed by atoms with van der Waals surface area (Å²) in [7, 11) is 0. The van der Waals surface area contributed by atoms with Crippen LogP contribution in [0.3, 0.4) is 0 Å². The van der Waals surface area contributed by atoms with E-state index >= 15 is 0 Å². The van der Waals surface area contributed by atoms with Crippen LogP contribution in [0.2, 0.25) is 0 Å². The van der Waals surface area contributed by atoms with Crippen LogP contribution in [0.25, 0.3) is 16.5 Å². The van der Waals surface area contributed by atoms with E-state index in [0.717, 1.165) is 5.39 Å². The van der Waals surface area contributed by atoms with Crippen LogP contribution in [0, 0.1) is 5.53 Å². The molecule has 1 aromatic carbocycles. The molecule has 0 saturated heterocycles. The van der Waals surface area contributed by atoms with Crippen molar-refractivity contribution in [2.75, 3.05) is 0 Å². The lowest BCUT2D eigenvalue weighted by Crippen LogP contribution is -2.08. The van der Waals surface area contributed by atoms with Crippen molar-refractivity contribution in [3.63, 3.8) is 0 Å². The van der Waals surface area contributed by atoms with Crippen LogP contribution in [-0.4, -0.2) is 4.98 Å². The van der Waals surface area contributed by atoms with Gasteiger partial charge in [-0.1, -0.05) is 24.3 Å². The maximum atomic E-state index is 11.8. The minimum Gasteiger partial charge on any atom is -0.320 e. The van der Waals surface area contributed by atoms with Crippen LogP contribution in [0.5, 0.6) is 0 Å². The molecule has 4 heteroatoms. The summed E-state index contributed by atoms with van der Waals surface area (Å²) in [4.78, 5) is 14.5. The highest BCUT2D eigenvalue weighted by Gasteiger charge is 2.04. The molecular formula is C12H11N3O. The first-order valence-electron chi connectivity index (χ1n) is 4.92. The van der Waals surface area contributed by atoms with Gasteiger partial charge in [-0.25, -0.2) is 5.53 Å². The number of H-pyrrole nitrogens is 1. The average Bonchev–Trinajstić information content (AvgIpc) is 2.31. The van der Waals surface area contributed by atoms with Crippen molar-refractivity contribution in [3.8, 4) is 0 Å². The molecule has 80 valence electrons. The number of fused-ring (bicyclic) bond motifs is 1. The lowest BCUT2D eigenvalue weighted by Gasteiger charge is -2.02. The summed E-state index contributed by atoms with van der Waals surface area (Å²) in [6.45, 7) is 1.78. The van der Waals surface area contributed by atoms with Gasteiger partial charge >= 0.3 is 0 Å². The predicted molar refractivity (Wildman–Crippen MR) is 63.4 cm³/mol. The second kappa shape index (κ2) is 4.10. The Kier molecular flexibility index (Phi) is 2.64. The second-order valence-electron chi connectivity index (χ2n) is 3.39. The van der Waals surface area contributed by atoms with Gasteiger partial charge in [0.15, 0.2) is 0 Å². The molecule has 4 nitrogen and oxygen atoms in total. The Labute approximate surface area is 92.1 Å². The highest BCUT2D eigenvalue weighted by atomic mass is 16.1. The van der Waals surface area contributed by atoms with E-state index in [1.165, 1.54) is 0 Å². The van der Waals surface area contributed by atoms with Gasteiger partial charge in [0.2, 0.25) is 0 Å². The zero-order valence-electron chi connectivity index (χ0n) is 8.82. The Morgan fingerprint density at radius 3 is 2.88 bits per heavy atom. The number of nitrogens with zero attached hydrogens (tertiary/aromatic N) is 1. The third kappa shape index (κ3) is 1.65. The molecule has 0 bridgehead atoms. The van der Waals surface area contributed by atoms with Crippen molar-refractivity contribution in [2.45, 2.75) is 6.92 Å². The Balaban J connectivity index is 2.76. The molecule has 0 saturated carbocycles. The maximum absolute atomic E-state index is 11.8. The topological polar surface area (TPSA) is 69.1 Å². The summed E-state index contributed by atoms with van der Waals surface area (Å²) in [5.74, 6) is 0. The standard InChI is InChI=1S/C12H11N3O/c1-2-10(15-13)11-7-8-5-3-4-6-9(8)12(16)14-11/h2-7,13H,1H3,(H,14,16)/b10-2-,15-13?. The smallest absolute Gasteiger partial charge is 0.256 e. The second-order valence-corrected chi connectivity index (χ2v) is 3.39. The van der Waals surface area contributed by atoms with Crippen molar-refractivity contribution in [2.24, 2.45) is 5.11 Å². The molecule has 0 unspecified atom stereocenters. The maximum Gasteiger partial charge on any atom is 0.256 e. The number of allylic oxidation sites excluding steroid dienone is 1. The fourth-order valence-electron chi connectivity index (χ4n) is 1.63. The zero-order valence-corrected chi connectivity index (χ0v) is 8.82. The lowest BCUT2D eigenvalue weighted by molar-refractivity contribution is 1.12. The van der Waals surface area contributed by atoms with E-state index in [1.54, 1.807) is 19.1 Å². The van der Waals surface area contributed by atoms with E-state index in [2.05, 4.69) is 10.1 Å². The SMILES string of the molecule is C/C=C(\N=N)c1cc2ccccc2c(=O)[nH]1. The van der Waals surface area contributed by atoms with Gasteiger partial charge in [-0.05, 0) is 24.4 Å². The van der Waals surface area contributed by atoms with Gasteiger partial charge in [-0.2, -0.15) is 5.11 Å². The van der Waals surface area contributed by atoms with Crippen molar-refractivity contribution in [1.82, 2.24) is 4.98 Å². The van der Waals surface area contributed by atoms with Crippen LogP contribution in [-0.2, 0) is 0 Å². The van der Waals surface area contributed by atoms with Gasteiger partial charge in [0.1, 0.15) is 5.70 Å². The van der Waals surface area contributed by atoms with Gasteiger partial charge < -0.3 is 4.98 Å². The summed E-state index contributed by atoms with van der Waals surface area (Å²) in [6.07, 6.45) is 1.69. The van der Waals surface area contributed by atoms with E-state index in [4.69, 9.17) is 5.53 Å². The largest absolute Gasteiger partial charge is 0.320 e. The van der Waals surface area contributed by atoms with E-state index in [1.807, 2.05) is 24.3 Å². The first-order chi connectivity index (χ1) is 7.76. The zero-order chi connectivity index (χ0) is 11.5. The number of benzene rings is 1. The van der Waals surface area contributed by atoms with E-state index in [-0.39, 0.29) is 5.56 Å². The molecule has 2 N–H and O–H groups in total. The fraction of sp³-hybridized carbons (Fsp3) is 0.0833. The number of pyridine rings is 1. The van der Waals surface area contributed by atoms with E-state index < -0.39 is 0 Å². The first-order valence-corrected chi connectivity index (χ1v) is 4.92. The highest BCUT2D eigenvalue weighted by molar-refractivity contribution is 5.84. The van der Waals surface area contributed by atoms with Gasteiger partial charge in [-0.3, -0.25) is 4.79 Å². The summed E-state index contributed by atoms with van der Waals surface area (Å²) in [5, 5.41) is 4.86. The lowest BCUT2D eigenvalue weighted by atomic mass is 10.1. The fourth-order valence-corrected chi connectivity index (χ4v) is 1.63. The third-order valence-corrected chi connectivity index (χ3v) is 2.42. The van der Waals surface area contributed by atoms with Crippen LogP contribution < -0.4 is 5.56 Å². The molecule has 0 radical (unpaired) electrons. The van der Waals surface area contributed by atoms with Crippen LogP contribution in [0.4, 0.5) is 0 Å². The Hall–Kier alpha value is -2.23. The number of hydrogen-bond donors (Lipinski definition) is 2. The van der Waals surface area contributed by atoms with Gasteiger partial charge in [0, 0.05) is 5.39 Å². The summed E-state index contributed by atoms with van der Waals surface area (Å²) in [6, 6.07) is 9.15. The highest BCUT2D eigenvalue weighted by Crippen LogP contribution is 2.16. The molecule has 1 aromatic heterocycles. The van der Waals surface area contributed by atoms with E-state index in [0.29, 0.717) is 16.8 Å². The third-order valence-electron chi connectivity index (χ3n) is 2.42. The number of aromatic amines is 1. The Morgan fingerprint density at radius 1 is 1.44 bits per heavy atom. The molecule has 0 aliphatic carbocycles. The van der Waals surface area contributed by atoms with Gasteiger partial charge in [-0.15, -0.1) is 0 Å². The van der Waals surface area contributed by atoms with Crippen molar-refractivity contribution < 1.29 is 0 Å². The predicted octanol–water partition coefficient (Wildman–Crippen LogP) is 2.92. The molecule has 16 heavy (non-hydrogen) atoms. The molecule has 2 rings (SSSR count). The van der Waals surface area contributed by atoms with Crippen molar-refractivity contribution in [1.29, 1.82) is 5.53 Å².